The number of aromatic amines is 1. The molecule has 0 saturated carbocycles. The minimum atomic E-state index is -1.02. The van der Waals surface area contributed by atoms with Crippen LogP contribution in [0, 0.1) is 0 Å². The normalized spacial score (nSPS) is 12.2. The van der Waals surface area contributed by atoms with E-state index in [9.17, 15) is 9.59 Å². The Balaban J connectivity index is 1.84. The molecule has 0 bridgehead atoms. The Morgan fingerprint density at radius 2 is 1.97 bits per heavy atom. The summed E-state index contributed by atoms with van der Waals surface area (Å²) in [5.74, 6) is 0.728. The van der Waals surface area contributed by atoms with Crippen LogP contribution in [0.1, 0.15) is 12.5 Å². The molecule has 1 unspecified atom stereocenters. The van der Waals surface area contributed by atoms with Gasteiger partial charge in [0.15, 0.2) is 0 Å². The molecule has 1 amide bonds. The number of rotatable bonds is 5. The smallest absolute Gasteiger partial charge is 0.404 e. The van der Waals surface area contributed by atoms with Crippen LogP contribution in [-0.2, 0) is 6.42 Å². The van der Waals surface area contributed by atoms with Crippen LogP contribution in [0.25, 0.3) is 32.1 Å². The van der Waals surface area contributed by atoms with Crippen molar-refractivity contribution >= 4 is 38.4 Å². The summed E-state index contributed by atoms with van der Waals surface area (Å²) in [6, 6.07) is 13.5. The van der Waals surface area contributed by atoms with Gasteiger partial charge < -0.3 is 20.1 Å². The SMILES string of the molecule is COc1ccc2[nH]c(=O)c3sccc3c2c1-c1ccc(CC(C)NC(=O)O)cc1. The molecule has 7 heteroatoms. The zero-order chi connectivity index (χ0) is 20.5. The number of aromatic nitrogens is 1. The number of carbonyl (C=O) groups is 1. The zero-order valence-electron chi connectivity index (χ0n) is 16.0. The molecule has 0 radical (unpaired) electrons. The first kappa shape index (κ1) is 19.0. The Kier molecular flexibility index (Phi) is 4.98. The number of carboxylic acid groups (broad SMARTS) is 1. The van der Waals surface area contributed by atoms with Crippen molar-refractivity contribution in [3.63, 3.8) is 0 Å². The van der Waals surface area contributed by atoms with Crippen LogP contribution < -0.4 is 15.6 Å². The highest BCUT2D eigenvalue weighted by Gasteiger charge is 2.16. The molecular weight excluding hydrogens is 388 g/mol. The number of nitrogens with one attached hydrogen (secondary N) is 2. The van der Waals surface area contributed by atoms with E-state index in [1.165, 1.54) is 11.3 Å². The molecule has 4 aromatic rings. The molecule has 29 heavy (non-hydrogen) atoms. The molecule has 4 rings (SSSR count). The largest absolute Gasteiger partial charge is 0.496 e. The number of fused-ring (bicyclic) bond motifs is 3. The van der Waals surface area contributed by atoms with E-state index in [1.54, 1.807) is 7.11 Å². The standard InChI is InChI=1S/C22H20N2O4S/c1-12(23-22(26)27)11-13-3-5-14(6-4-13)18-17(28-2)8-7-16-19(18)15-9-10-29-20(15)21(25)24-16/h3-10,12,23H,11H2,1-2H3,(H,24,25)(H,26,27). The summed E-state index contributed by atoms with van der Waals surface area (Å²) in [6.07, 6.45) is -0.426. The van der Waals surface area contributed by atoms with E-state index >= 15 is 0 Å². The molecule has 2 heterocycles. The molecular formula is C22H20N2O4S. The lowest BCUT2D eigenvalue weighted by molar-refractivity contribution is 0.190. The number of benzene rings is 2. The van der Waals surface area contributed by atoms with Gasteiger partial charge in [-0.15, -0.1) is 11.3 Å². The van der Waals surface area contributed by atoms with Gasteiger partial charge in [-0.25, -0.2) is 4.79 Å². The third-order valence-electron chi connectivity index (χ3n) is 4.93. The number of hydrogen-bond acceptors (Lipinski definition) is 4. The molecule has 0 aliphatic heterocycles. The molecule has 0 spiro atoms. The number of pyridine rings is 1. The van der Waals surface area contributed by atoms with Crippen LogP contribution >= 0.6 is 11.3 Å². The highest BCUT2D eigenvalue weighted by Crippen LogP contribution is 2.40. The number of amides is 1. The van der Waals surface area contributed by atoms with E-state index in [2.05, 4.69) is 10.3 Å². The van der Waals surface area contributed by atoms with Gasteiger partial charge in [-0.2, -0.15) is 0 Å². The van der Waals surface area contributed by atoms with Crippen molar-refractivity contribution in [2.24, 2.45) is 0 Å². The molecule has 2 aromatic heterocycles. The molecule has 3 N–H and O–H groups in total. The summed E-state index contributed by atoms with van der Waals surface area (Å²) in [4.78, 5) is 26.1. The predicted molar refractivity (Wildman–Crippen MR) is 116 cm³/mol. The van der Waals surface area contributed by atoms with Gasteiger partial charge in [0.2, 0.25) is 0 Å². The molecule has 6 nitrogen and oxygen atoms in total. The summed E-state index contributed by atoms with van der Waals surface area (Å²) in [7, 11) is 1.63. The highest BCUT2D eigenvalue weighted by atomic mass is 32.1. The number of ether oxygens (including phenoxy) is 1. The van der Waals surface area contributed by atoms with Crippen molar-refractivity contribution in [2.75, 3.05) is 7.11 Å². The first-order chi connectivity index (χ1) is 14.0. The Labute approximate surface area is 170 Å². The van der Waals surface area contributed by atoms with E-state index in [0.717, 1.165) is 38.7 Å². The quantitative estimate of drug-likeness (QED) is 0.449. The fraction of sp³-hybridized carbons (Fsp3) is 0.182. The summed E-state index contributed by atoms with van der Waals surface area (Å²) < 4.78 is 6.33. The second kappa shape index (κ2) is 7.60. The Bertz CT molecular complexity index is 1260. The number of H-pyrrole nitrogens is 1. The predicted octanol–water partition coefficient (Wildman–Crippen LogP) is 4.62. The van der Waals surface area contributed by atoms with Crippen LogP contribution in [0.3, 0.4) is 0 Å². The van der Waals surface area contributed by atoms with Crippen molar-refractivity contribution in [3.05, 3.63) is 63.8 Å². The van der Waals surface area contributed by atoms with Crippen molar-refractivity contribution < 1.29 is 14.6 Å². The van der Waals surface area contributed by atoms with Crippen molar-refractivity contribution in [2.45, 2.75) is 19.4 Å². The Morgan fingerprint density at radius 1 is 1.21 bits per heavy atom. The molecule has 0 fully saturated rings. The van der Waals surface area contributed by atoms with Gasteiger partial charge in [0.25, 0.3) is 5.56 Å². The van der Waals surface area contributed by atoms with Crippen molar-refractivity contribution in [1.29, 1.82) is 0 Å². The zero-order valence-corrected chi connectivity index (χ0v) is 16.8. The van der Waals surface area contributed by atoms with Gasteiger partial charge in [0.1, 0.15) is 10.4 Å². The van der Waals surface area contributed by atoms with E-state index in [0.29, 0.717) is 11.1 Å². The first-order valence-electron chi connectivity index (χ1n) is 9.17. The van der Waals surface area contributed by atoms with Crippen LogP contribution in [0.15, 0.2) is 52.6 Å². The molecule has 2 aromatic carbocycles. The van der Waals surface area contributed by atoms with E-state index in [4.69, 9.17) is 9.84 Å². The molecule has 0 aliphatic carbocycles. The highest BCUT2D eigenvalue weighted by molar-refractivity contribution is 7.17. The van der Waals surface area contributed by atoms with E-state index in [1.807, 2.05) is 54.8 Å². The fourth-order valence-corrected chi connectivity index (χ4v) is 4.50. The Morgan fingerprint density at radius 3 is 2.66 bits per heavy atom. The van der Waals surface area contributed by atoms with Crippen molar-refractivity contribution in [1.82, 2.24) is 10.3 Å². The minimum absolute atomic E-state index is 0.0890. The van der Waals surface area contributed by atoms with Crippen molar-refractivity contribution in [3.8, 4) is 16.9 Å². The van der Waals surface area contributed by atoms with Gasteiger partial charge in [-0.3, -0.25) is 4.79 Å². The van der Waals surface area contributed by atoms with Gasteiger partial charge in [0.05, 0.1) is 7.11 Å². The molecule has 0 saturated heterocycles. The summed E-state index contributed by atoms with van der Waals surface area (Å²) in [5.41, 5.74) is 3.60. The lowest BCUT2D eigenvalue weighted by Crippen LogP contribution is -2.32. The number of hydrogen-bond donors (Lipinski definition) is 3. The minimum Gasteiger partial charge on any atom is -0.496 e. The monoisotopic (exact) mass is 408 g/mol. The fourth-order valence-electron chi connectivity index (χ4n) is 3.71. The maximum atomic E-state index is 12.4. The van der Waals surface area contributed by atoms with E-state index in [-0.39, 0.29) is 11.6 Å². The van der Waals surface area contributed by atoms with E-state index < -0.39 is 6.09 Å². The first-order valence-corrected chi connectivity index (χ1v) is 10.0. The molecule has 1 atom stereocenters. The lowest BCUT2D eigenvalue weighted by atomic mass is 9.95. The average molecular weight is 408 g/mol. The van der Waals surface area contributed by atoms with Gasteiger partial charge in [-0.1, -0.05) is 24.3 Å². The average Bonchev–Trinajstić information content (AvgIpc) is 3.18. The van der Waals surface area contributed by atoms with Gasteiger partial charge in [-0.05, 0) is 48.1 Å². The van der Waals surface area contributed by atoms with Crippen LogP contribution in [-0.4, -0.2) is 29.3 Å². The molecule has 0 aliphatic rings. The summed E-state index contributed by atoms with van der Waals surface area (Å²) >= 11 is 1.42. The third-order valence-corrected chi connectivity index (χ3v) is 5.84. The van der Waals surface area contributed by atoms with Crippen LogP contribution in [0.4, 0.5) is 4.79 Å². The van der Waals surface area contributed by atoms with Crippen LogP contribution in [0.5, 0.6) is 5.75 Å². The summed E-state index contributed by atoms with van der Waals surface area (Å²) in [5, 5.41) is 15.1. The second-order valence-corrected chi connectivity index (χ2v) is 7.85. The Hall–Kier alpha value is -3.32. The number of thiophene rings is 1. The topological polar surface area (TPSA) is 91.4 Å². The lowest BCUT2D eigenvalue weighted by Gasteiger charge is -2.15. The number of methoxy groups -OCH3 is 1. The van der Waals surface area contributed by atoms with Gasteiger partial charge in [0, 0.05) is 27.9 Å². The third kappa shape index (κ3) is 3.56. The molecule has 148 valence electrons. The second-order valence-electron chi connectivity index (χ2n) is 6.93. The van der Waals surface area contributed by atoms with Gasteiger partial charge >= 0.3 is 6.09 Å². The summed E-state index contributed by atoms with van der Waals surface area (Å²) in [6.45, 7) is 1.83. The maximum absolute atomic E-state index is 12.4. The maximum Gasteiger partial charge on any atom is 0.404 e. The van der Waals surface area contributed by atoms with Crippen LogP contribution in [0.2, 0.25) is 0 Å².